The predicted octanol–water partition coefficient (Wildman–Crippen LogP) is 6.58. The summed E-state index contributed by atoms with van der Waals surface area (Å²) in [4.78, 5) is 0. The third-order valence-corrected chi connectivity index (χ3v) is 6.41. The minimum Gasteiger partial charge on any atom is -0.381 e. The maximum Gasteiger partial charge on any atom is 0.0518 e. The molecule has 2 saturated heterocycles. The molecule has 0 aromatic heterocycles. The fourth-order valence-corrected chi connectivity index (χ4v) is 3.82. The van der Waals surface area contributed by atoms with Crippen LogP contribution in [0, 0.1) is 35.5 Å². The van der Waals surface area contributed by atoms with Crippen molar-refractivity contribution >= 4 is 0 Å². The van der Waals surface area contributed by atoms with E-state index >= 15 is 0 Å². The molecule has 0 amide bonds. The SMILES string of the molecule is CC(C)C1CCCCC1.CC(C)C1CCOCC1.CC(C)C1COC1. The van der Waals surface area contributed by atoms with Crippen molar-refractivity contribution < 1.29 is 9.47 Å². The Balaban J connectivity index is 0.000000189. The monoisotopic (exact) mass is 354 g/mol. The molecule has 0 radical (unpaired) electrons. The zero-order chi connectivity index (χ0) is 18.7. The van der Waals surface area contributed by atoms with Crippen molar-refractivity contribution in [1.82, 2.24) is 0 Å². The standard InChI is InChI=1S/C9H18.C8H16O.C6H12O/c1-8(2)9-6-4-3-5-7-9;1-7(2)8-3-5-9-6-4-8;1-5(2)6-3-7-4-6/h8-9H,3-7H2,1-2H3;7-8H,3-6H2,1-2H3;5-6H,3-4H2,1-2H3. The Labute approximate surface area is 158 Å². The fraction of sp³-hybridized carbons (Fsp3) is 1.00. The third-order valence-electron chi connectivity index (χ3n) is 6.41. The molecule has 1 saturated carbocycles. The summed E-state index contributed by atoms with van der Waals surface area (Å²) in [6.07, 6.45) is 10.0. The minimum atomic E-state index is 0.828. The van der Waals surface area contributed by atoms with E-state index in [4.69, 9.17) is 9.47 Å². The van der Waals surface area contributed by atoms with Gasteiger partial charge in [-0.25, -0.2) is 0 Å². The molecule has 3 fully saturated rings. The average molecular weight is 355 g/mol. The van der Waals surface area contributed by atoms with Crippen molar-refractivity contribution in [2.24, 2.45) is 35.5 Å². The molecule has 0 bridgehead atoms. The van der Waals surface area contributed by atoms with Gasteiger partial charge < -0.3 is 9.47 Å². The molecule has 2 heterocycles. The summed E-state index contributed by atoms with van der Waals surface area (Å²) in [7, 11) is 0. The highest BCUT2D eigenvalue weighted by molar-refractivity contribution is 4.68. The number of hydrogen-bond acceptors (Lipinski definition) is 2. The number of rotatable bonds is 3. The molecule has 0 N–H and O–H groups in total. The Kier molecular flexibility index (Phi) is 12.1. The van der Waals surface area contributed by atoms with Gasteiger partial charge in [0, 0.05) is 19.1 Å². The third kappa shape index (κ3) is 9.99. The van der Waals surface area contributed by atoms with Gasteiger partial charge >= 0.3 is 0 Å². The molecule has 3 aliphatic rings. The van der Waals surface area contributed by atoms with Crippen LogP contribution in [0.3, 0.4) is 0 Å². The largest absolute Gasteiger partial charge is 0.381 e. The summed E-state index contributed by atoms with van der Waals surface area (Å²) in [5.41, 5.74) is 0. The van der Waals surface area contributed by atoms with Gasteiger partial charge in [-0.2, -0.15) is 0 Å². The van der Waals surface area contributed by atoms with E-state index < -0.39 is 0 Å². The van der Waals surface area contributed by atoms with Gasteiger partial charge in [-0.3, -0.25) is 0 Å². The van der Waals surface area contributed by atoms with Crippen LogP contribution in [-0.2, 0) is 9.47 Å². The van der Waals surface area contributed by atoms with Crippen LogP contribution in [0.1, 0.15) is 86.5 Å². The smallest absolute Gasteiger partial charge is 0.0518 e. The van der Waals surface area contributed by atoms with Gasteiger partial charge in [0.05, 0.1) is 13.2 Å². The molecule has 150 valence electrons. The molecule has 2 nitrogen and oxygen atoms in total. The summed E-state index contributed by atoms with van der Waals surface area (Å²) < 4.78 is 10.2. The number of ether oxygens (including phenoxy) is 2. The Morgan fingerprint density at radius 2 is 0.960 bits per heavy atom. The normalized spacial score (nSPS) is 22.9. The summed E-state index contributed by atoms with van der Waals surface area (Å²) in [6, 6.07) is 0. The molecule has 0 atom stereocenters. The van der Waals surface area contributed by atoms with Gasteiger partial charge in [-0.05, 0) is 42.4 Å². The second-order valence-corrected chi connectivity index (χ2v) is 9.38. The van der Waals surface area contributed by atoms with E-state index in [1.807, 2.05) is 0 Å². The molecule has 2 aliphatic heterocycles. The Hall–Kier alpha value is -0.0800. The molecule has 3 rings (SSSR count). The molecule has 0 spiro atoms. The van der Waals surface area contributed by atoms with Gasteiger partial charge in [-0.15, -0.1) is 0 Å². The second-order valence-electron chi connectivity index (χ2n) is 9.38. The van der Waals surface area contributed by atoms with Crippen LogP contribution in [0.5, 0.6) is 0 Å². The van der Waals surface area contributed by atoms with Crippen LogP contribution in [0.25, 0.3) is 0 Å². The average Bonchev–Trinajstić information content (AvgIpc) is 2.55. The molecule has 1 aliphatic carbocycles. The Morgan fingerprint density at radius 1 is 0.520 bits per heavy atom. The highest BCUT2D eigenvalue weighted by Gasteiger charge is 2.21. The lowest BCUT2D eigenvalue weighted by atomic mass is 9.82. The first kappa shape index (κ1) is 23.0. The van der Waals surface area contributed by atoms with Crippen LogP contribution in [0.4, 0.5) is 0 Å². The van der Waals surface area contributed by atoms with Gasteiger partial charge in [-0.1, -0.05) is 73.6 Å². The molecular weight excluding hydrogens is 308 g/mol. The molecule has 25 heavy (non-hydrogen) atoms. The molecule has 0 aromatic rings. The fourth-order valence-electron chi connectivity index (χ4n) is 3.82. The lowest BCUT2D eigenvalue weighted by molar-refractivity contribution is -0.0534. The van der Waals surface area contributed by atoms with Gasteiger partial charge in [0.15, 0.2) is 0 Å². The second kappa shape index (κ2) is 13.1. The van der Waals surface area contributed by atoms with E-state index in [9.17, 15) is 0 Å². The van der Waals surface area contributed by atoms with E-state index in [-0.39, 0.29) is 0 Å². The predicted molar refractivity (Wildman–Crippen MR) is 109 cm³/mol. The van der Waals surface area contributed by atoms with Crippen LogP contribution < -0.4 is 0 Å². The van der Waals surface area contributed by atoms with Crippen molar-refractivity contribution in [3.63, 3.8) is 0 Å². The van der Waals surface area contributed by atoms with Crippen molar-refractivity contribution in [2.45, 2.75) is 86.5 Å². The van der Waals surface area contributed by atoms with E-state index in [0.29, 0.717) is 0 Å². The first-order valence-electron chi connectivity index (χ1n) is 11.1. The highest BCUT2D eigenvalue weighted by Crippen LogP contribution is 2.29. The van der Waals surface area contributed by atoms with Crippen molar-refractivity contribution in [1.29, 1.82) is 0 Å². The molecule has 2 heteroatoms. The molecule has 0 aromatic carbocycles. The van der Waals surface area contributed by atoms with E-state index in [1.54, 1.807) is 0 Å². The highest BCUT2D eigenvalue weighted by atomic mass is 16.5. The van der Waals surface area contributed by atoms with Crippen molar-refractivity contribution in [2.75, 3.05) is 26.4 Å². The number of hydrogen-bond donors (Lipinski definition) is 0. The zero-order valence-corrected chi connectivity index (χ0v) is 18.1. The summed E-state index contributed by atoms with van der Waals surface area (Å²) in [6.45, 7) is 17.8. The topological polar surface area (TPSA) is 18.5 Å². The lowest BCUT2D eigenvalue weighted by Gasteiger charge is -2.29. The summed E-state index contributed by atoms with van der Waals surface area (Å²) >= 11 is 0. The van der Waals surface area contributed by atoms with Gasteiger partial charge in [0.2, 0.25) is 0 Å². The maximum absolute atomic E-state index is 5.25. The zero-order valence-electron chi connectivity index (χ0n) is 18.1. The Morgan fingerprint density at radius 3 is 1.20 bits per heavy atom. The Bertz CT molecular complexity index is 273. The van der Waals surface area contributed by atoms with Crippen molar-refractivity contribution in [3.8, 4) is 0 Å². The lowest BCUT2D eigenvalue weighted by Crippen LogP contribution is -2.31. The first-order valence-corrected chi connectivity index (χ1v) is 11.1. The first-order chi connectivity index (χ1) is 11.9. The quantitative estimate of drug-likeness (QED) is 0.570. The molecule has 0 unspecified atom stereocenters. The minimum absolute atomic E-state index is 0.828. The maximum atomic E-state index is 5.25. The van der Waals surface area contributed by atoms with E-state index in [1.165, 1.54) is 44.9 Å². The molecular formula is C23H46O2. The summed E-state index contributed by atoms with van der Waals surface area (Å²) in [5, 5.41) is 0. The van der Waals surface area contributed by atoms with Gasteiger partial charge in [0.25, 0.3) is 0 Å². The summed E-state index contributed by atoms with van der Waals surface area (Å²) in [5.74, 6) is 5.46. The van der Waals surface area contributed by atoms with Gasteiger partial charge in [0.1, 0.15) is 0 Å². The van der Waals surface area contributed by atoms with Crippen LogP contribution >= 0.6 is 0 Å². The van der Waals surface area contributed by atoms with Crippen LogP contribution in [-0.4, -0.2) is 26.4 Å². The van der Waals surface area contributed by atoms with E-state index in [0.717, 1.165) is 61.9 Å². The van der Waals surface area contributed by atoms with Crippen LogP contribution in [0.2, 0.25) is 0 Å². The van der Waals surface area contributed by atoms with Crippen molar-refractivity contribution in [3.05, 3.63) is 0 Å². The van der Waals surface area contributed by atoms with E-state index in [2.05, 4.69) is 41.5 Å². The van der Waals surface area contributed by atoms with Crippen LogP contribution in [0.15, 0.2) is 0 Å².